The Labute approximate surface area is 117 Å². The summed E-state index contributed by atoms with van der Waals surface area (Å²) < 4.78 is 36.7. The van der Waals surface area contributed by atoms with Crippen LogP contribution in [0, 0.1) is 0 Å². The molecule has 0 fully saturated rings. The van der Waals surface area contributed by atoms with Gasteiger partial charge in [-0.3, -0.25) is 4.72 Å². The average Bonchev–Trinajstić information content (AvgIpc) is 2.37. The Bertz CT molecular complexity index is 612. The van der Waals surface area contributed by atoms with Crippen molar-refractivity contribution in [3.8, 4) is 11.5 Å². The van der Waals surface area contributed by atoms with E-state index in [1.807, 2.05) is 0 Å². The largest absolute Gasteiger partial charge is 0.493 e. The molecule has 0 bridgehead atoms. The average molecular weight is 304 g/mol. The van der Waals surface area contributed by atoms with Gasteiger partial charge in [0, 0.05) is 26.2 Å². The summed E-state index contributed by atoms with van der Waals surface area (Å²) in [6.45, 7) is 0. The number of rotatable bonds is 6. The second kappa shape index (κ2) is 5.97. The van der Waals surface area contributed by atoms with Crippen LogP contribution in [0.25, 0.3) is 0 Å². The second-order valence-corrected chi connectivity index (χ2v) is 5.83. The fourth-order valence-corrected chi connectivity index (χ4v) is 2.00. The van der Waals surface area contributed by atoms with Gasteiger partial charge in [-0.1, -0.05) is 0 Å². The number of carboxylic acid groups (broad SMARTS) is 1. The molecule has 20 heavy (non-hydrogen) atoms. The number of nitrogens with one attached hydrogen (secondary N) is 1. The van der Waals surface area contributed by atoms with Crippen LogP contribution in [0.2, 0.25) is 0 Å². The third kappa shape index (κ3) is 3.31. The van der Waals surface area contributed by atoms with Crippen LogP contribution in [0.1, 0.15) is 10.4 Å². The van der Waals surface area contributed by atoms with Crippen LogP contribution >= 0.6 is 0 Å². The molecule has 9 heteroatoms. The van der Waals surface area contributed by atoms with Crippen LogP contribution in [0.15, 0.2) is 12.1 Å². The number of benzene rings is 1. The third-order valence-corrected chi connectivity index (χ3v) is 3.91. The van der Waals surface area contributed by atoms with Crippen LogP contribution in [-0.2, 0) is 10.2 Å². The quantitative estimate of drug-likeness (QED) is 0.798. The van der Waals surface area contributed by atoms with E-state index in [0.29, 0.717) is 0 Å². The number of methoxy groups -OCH3 is 2. The Kier molecular flexibility index (Phi) is 4.79. The van der Waals surface area contributed by atoms with Crippen molar-refractivity contribution in [3.05, 3.63) is 17.7 Å². The Morgan fingerprint density at radius 2 is 1.70 bits per heavy atom. The smallest absolute Gasteiger partial charge is 0.337 e. The van der Waals surface area contributed by atoms with E-state index in [4.69, 9.17) is 14.6 Å². The molecule has 0 atom stereocenters. The van der Waals surface area contributed by atoms with Crippen molar-refractivity contribution in [1.29, 1.82) is 0 Å². The lowest BCUT2D eigenvalue weighted by Gasteiger charge is -2.17. The first-order valence-electron chi connectivity index (χ1n) is 5.42. The van der Waals surface area contributed by atoms with E-state index < -0.39 is 16.2 Å². The number of ether oxygens (including phenoxy) is 2. The maximum atomic E-state index is 11.8. The molecule has 0 amide bonds. The number of nitrogens with zero attached hydrogens (tertiary/aromatic N) is 1. The molecule has 8 nitrogen and oxygen atoms in total. The van der Waals surface area contributed by atoms with Gasteiger partial charge in [-0.15, -0.1) is 0 Å². The van der Waals surface area contributed by atoms with Crippen molar-refractivity contribution in [2.24, 2.45) is 0 Å². The lowest BCUT2D eigenvalue weighted by atomic mass is 10.1. The molecule has 0 aromatic heterocycles. The predicted octanol–water partition coefficient (Wildman–Crippen LogP) is 0.620. The zero-order chi connectivity index (χ0) is 15.5. The molecule has 0 saturated heterocycles. The topological polar surface area (TPSA) is 105 Å². The van der Waals surface area contributed by atoms with Crippen molar-refractivity contribution in [1.82, 2.24) is 4.31 Å². The van der Waals surface area contributed by atoms with Crippen molar-refractivity contribution in [2.75, 3.05) is 33.0 Å². The minimum Gasteiger partial charge on any atom is -0.493 e. The van der Waals surface area contributed by atoms with Gasteiger partial charge in [0.1, 0.15) is 0 Å². The highest BCUT2D eigenvalue weighted by Crippen LogP contribution is 2.33. The molecule has 0 heterocycles. The highest BCUT2D eigenvalue weighted by Gasteiger charge is 2.21. The number of carboxylic acids is 1. The molecule has 0 aliphatic heterocycles. The van der Waals surface area contributed by atoms with Crippen LogP contribution in [0.4, 0.5) is 5.69 Å². The SMILES string of the molecule is COc1cc(NS(=O)(=O)N(C)C)c(C(=O)O)cc1OC. The van der Waals surface area contributed by atoms with Crippen LogP contribution in [0.3, 0.4) is 0 Å². The van der Waals surface area contributed by atoms with E-state index in [0.717, 1.165) is 4.31 Å². The van der Waals surface area contributed by atoms with Gasteiger partial charge < -0.3 is 14.6 Å². The van der Waals surface area contributed by atoms with Crippen molar-refractivity contribution < 1.29 is 27.8 Å². The van der Waals surface area contributed by atoms with Gasteiger partial charge in [-0.25, -0.2) is 4.79 Å². The van der Waals surface area contributed by atoms with Crippen LogP contribution < -0.4 is 14.2 Å². The van der Waals surface area contributed by atoms with E-state index in [2.05, 4.69) is 4.72 Å². The summed E-state index contributed by atoms with van der Waals surface area (Å²) in [6, 6.07) is 2.44. The Morgan fingerprint density at radius 3 is 2.10 bits per heavy atom. The zero-order valence-corrected chi connectivity index (χ0v) is 12.3. The zero-order valence-electron chi connectivity index (χ0n) is 11.5. The first kappa shape index (κ1) is 16.1. The van der Waals surface area contributed by atoms with E-state index in [-0.39, 0.29) is 22.7 Å². The van der Waals surface area contributed by atoms with E-state index in [9.17, 15) is 13.2 Å². The molecule has 1 aromatic carbocycles. The van der Waals surface area contributed by atoms with E-state index in [1.54, 1.807) is 0 Å². The standard InChI is InChI=1S/C11H16N2O6S/c1-13(2)20(16,17)12-8-6-10(19-4)9(18-3)5-7(8)11(14)15/h5-6,12H,1-4H3,(H,14,15). The summed E-state index contributed by atoms with van der Waals surface area (Å²) in [5.74, 6) is -0.880. The van der Waals surface area contributed by atoms with Gasteiger partial charge in [0.2, 0.25) is 0 Å². The van der Waals surface area contributed by atoms with E-state index >= 15 is 0 Å². The number of aromatic carboxylic acids is 1. The maximum absolute atomic E-state index is 11.8. The summed E-state index contributed by atoms with van der Waals surface area (Å²) in [5, 5.41) is 9.14. The molecule has 0 radical (unpaired) electrons. The number of anilines is 1. The van der Waals surface area contributed by atoms with Crippen LogP contribution in [0.5, 0.6) is 11.5 Å². The van der Waals surface area contributed by atoms with Gasteiger partial charge >= 0.3 is 16.2 Å². The number of hydrogen-bond acceptors (Lipinski definition) is 5. The lowest BCUT2D eigenvalue weighted by molar-refractivity contribution is 0.0697. The summed E-state index contributed by atoms with van der Waals surface area (Å²) in [7, 11) is 1.54. The maximum Gasteiger partial charge on any atom is 0.337 e. The molecule has 0 spiro atoms. The second-order valence-electron chi connectivity index (χ2n) is 3.95. The number of hydrogen-bond donors (Lipinski definition) is 2. The minimum absolute atomic E-state index is 0.108. The normalized spacial score (nSPS) is 11.2. The first-order valence-corrected chi connectivity index (χ1v) is 6.86. The molecular weight excluding hydrogens is 288 g/mol. The Morgan fingerprint density at radius 1 is 1.20 bits per heavy atom. The van der Waals surface area contributed by atoms with Crippen LogP contribution in [-0.4, -0.2) is 52.1 Å². The van der Waals surface area contributed by atoms with Crippen molar-refractivity contribution in [3.63, 3.8) is 0 Å². The summed E-state index contributed by atoms with van der Waals surface area (Å²) >= 11 is 0. The third-order valence-electron chi connectivity index (χ3n) is 2.47. The number of carbonyl (C=O) groups is 1. The fourth-order valence-electron chi connectivity index (χ4n) is 1.37. The summed E-state index contributed by atoms with van der Waals surface area (Å²) in [6.07, 6.45) is 0. The van der Waals surface area contributed by atoms with Gasteiger partial charge in [0.15, 0.2) is 11.5 Å². The Hall–Kier alpha value is -2.00. The summed E-state index contributed by atoms with van der Waals surface area (Å²) in [5.41, 5.74) is -0.350. The van der Waals surface area contributed by atoms with Gasteiger partial charge in [0.05, 0.1) is 25.5 Å². The molecule has 0 unspecified atom stereocenters. The van der Waals surface area contributed by atoms with Gasteiger partial charge in [-0.05, 0) is 0 Å². The van der Waals surface area contributed by atoms with Gasteiger partial charge in [0.25, 0.3) is 0 Å². The first-order chi connectivity index (χ1) is 9.22. The molecule has 1 aromatic rings. The summed E-state index contributed by atoms with van der Waals surface area (Å²) in [4.78, 5) is 11.2. The molecule has 1 rings (SSSR count). The highest BCUT2D eigenvalue weighted by atomic mass is 32.2. The molecular formula is C11H16N2O6S. The molecule has 0 aliphatic carbocycles. The minimum atomic E-state index is -3.83. The lowest BCUT2D eigenvalue weighted by Crippen LogP contribution is -2.29. The fraction of sp³-hybridized carbons (Fsp3) is 0.364. The highest BCUT2D eigenvalue weighted by molar-refractivity contribution is 7.90. The van der Waals surface area contributed by atoms with Crippen molar-refractivity contribution in [2.45, 2.75) is 0 Å². The Balaban J connectivity index is 3.41. The predicted molar refractivity (Wildman–Crippen MR) is 72.7 cm³/mol. The molecule has 112 valence electrons. The molecule has 2 N–H and O–H groups in total. The van der Waals surface area contributed by atoms with E-state index in [1.165, 1.54) is 40.4 Å². The van der Waals surface area contributed by atoms with Gasteiger partial charge in [-0.2, -0.15) is 12.7 Å². The molecule has 0 saturated carbocycles. The van der Waals surface area contributed by atoms with Crippen molar-refractivity contribution >= 4 is 21.9 Å². The molecule has 0 aliphatic rings. The monoisotopic (exact) mass is 304 g/mol.